The van der Waals surface area contributed by atoms with Gasteiger partial charge >= 0.3 is 12.4 Å². The van der Waals surface area contributed by atoms with Crippen molar-refractivity contribution >= 4 is 17.5 Å². The molecule has 1 aromatic heterocycles. The third-order valence-electron chi connectivity index (χ3n) is 8.07. The number of fused-ring (bicyclic) bond motifs is 3. The Morgan fingerprint density at radius 3 is 2.13 bits per heavy atom. The number of nitrogens with zero attached hydrogens (tertiary/aromatic N) is 1. The first-order chi connectivity index (χ1) is 18.1. The van der Waals surface area contributed by atoms with Crippen molar-refractivity contribution in [3.63, 3.8) is 0 Å². The predicted octanol–water partition coefficient (Wildman–Crippen LogP) is 5.06. The van der Waals surface area contributed by atoms with E-state index in [1.165, 1.54) is 12.1 Å². The van der Waals surface area contributed by atoms with Crippen LogP contribution >= 0.6 is 0 Å². The monoisotopic (exact) mass is 561 g/mol. The summed E-state index contributed by atoms with van der Waals surface area (Å²) >= 11 is 0. The van der Waals surface area contributed by atoms with Crippen molar-refractivity contribution in [1.82, 2.24) is 0 Å². The Balaban J connectivity index is 1.57. The van der Waals surface area contributed by atoms with Crippen LogP contribution in [0.5, 0.6) is 0 Å². The Hall–Kier alpha value is -2.90. The number of amides is 2. The van der Waals surface area contributed by atoms with Gasteiger partial charge in [-0.05, 0) is 49.1 Å². The number of rotatable bonds is 4. The van der Waals surface area contributed by atoms with Crippen molar-refractivity contribution in [2.75, 3.05) is 4.90 Å². The lowest BCUT2D eigenvalue weighted by Gasteiger charge is -2.46. The van der Waals surface area contributed by atoms with Gasteiger partial charge in [0.2, 0.25) is 11.8 Å². The summed E-state index contributed by atoms with van der Waals surface area (Å²) in [6.45, 7) is 3.16. The zero-order valence-corrected chi connectivity index (χ0v) is 20.7. The molecule has 5 rings (SSSR count). The Bertz CT molecular complexity index is 1270. The van der Waals surface area contributed by atoms with Crippen LogP contribution in [-0.4, -0.2) is 27.8 Å². The minimum Gasteiger partial charge on any atom is -0.461 e. The number of benzene rings is 1. The summed E-state index contributed by atoms with van der Waals surface area (Å²) in [6.07, 6.45) is -11.2. The van der Waals surface area contributed by atoms with Crippen LogP contribution in [0.4, 0.5) is 32.0 Å². The number of alkyl halides is 6. The Kier molecular flexibility index (Phi) is 6.43. The minimum atomic E-state index is -5.17. The van der Waals surface area contributed by atoms with E-state index < -0.39 is 83.2 Å². The lowest BCUT2D eigenvalue weighted by atomic mass is 9.62. The first kappa shape index (κ1) is 27.7. The number of anilines is 1. The van der Waals surface area contributed by atoms with Crippen LogP contribution in [0.2, 0.25) is 0 Å². The van der Waals surface area contributed by atoms with Gasteiger partial charge in [-0.1, -0.05) is 13.8 Å². The highest BCUT2D eigenvalue weighted by molar-refractivity contribution is 6.22. The first-order valence-electron chi connectivity index (χ1n) is 12.3. The predicted molar refractivity (Wildman–Crippen MR) is 120 cm³/mol. The molecule has 212 valence electrons. The standard InChI is InChI=1S/C26H25F6NO6/c1-11(2)17-8-16-21(18-9-20(39-24(17,18)37)19-4-3-15(10-34)38-19)23(36)33(22(16)35)14-6-12(25(27,28)29)5-13(7-14)26(30,31)32/h3-7,11,16-18,20-21,34,37H,8-10H2,1-2H3/t16-,17+,18-,20-,21-,24+/m0/s1. The number of hydrogen-bond acceptors (Lipinski definition) is 6. The van der Waals surface area contributed by atoms with Crippen LogP contribution < -0.4 is 4.90 Å². The number of carbonyl (C=O) groups excluding carboxylic acids is 2. The van der Waals surface area contributed by atoms with Gasteiger partial charge < -0.3 is 19.4 Å². The maximum Gasteiger partial charge on any atom is 0.416 e. The molecule has 3 aliphatic rings. The van der Waals surface area contributed by atoms with Gasteiger partial charge in [0.25, 0.3) is 0 Å². The molecule has 2 aliphatic heterocycles. The van der Waals surface area contributed by atoms with Crippen LogP contribution in [0, 0.1) is 29.6 Å². The fourth-order valence-corrected chi connectivity index (χ4v) is 6.32. The lowest BCUT2D eigenvalue weighted by Crippen LogP contribution is -2.55. The first-order valence-corrected chi connectivity index (χ1v) is 12.3. The van der Waals surface area contributed by atoms with Crippen molar-refractivity contribution < 1.29 is 55.3 Å². The number of carbonyl (C=O) groups is 2. The molecule has 7 nitrogen and oxygen atoms in total. The van der Waals surface area contributed by atoms with Crippen LogP contribution in [-0.2, 0) is 33.3 Å². The van der Waals surface area contributed by atoms with E-state index in [1.54, 1.807) is 13.8 Å². The molecule has 1 aromatic carbocycles. The number of halogens is 6. The van der Waals surface area contributed by atoms with Gasteiger partial charge in [0.15, 0.2) is 5.79 Å². The number of aliphatic hydroxyl groups is 2. The molecule has 2 aromatic rings. The average molecular weight is 561 g/mol. The summed E-state index contributed by atoms with van der Waals surface area (Å²) in [4.78, 5) is 27.5. The Morgan fingerprint density at radius 1 is 1.00 bits per heavy atom. The van der Waals surface area contributed by atoms with Crippen LogP contribution in [0.3, 0.4) is 0 Å². The van der Waals surface area contributed by atoms with Crippen molar-refractivity contribution in [2.45, 2.75) is 57.5 Å². The van der Waals surface area contributed by atoms with Crippen molar-refractivity contribution in [3.8, 4) is 0 Å². The summed E-state index contributed by atoms with van der Waals surface area (Å²) in [6, 6.07) is 3.66. The molecular formula is C26H25F6NO6. The second-order valence-electron chi connectivity index (χ2n) is 10.7. The number of hydrogen-bond donors (Lipinski definition) is 2. The fraction of sp³-hybridized carbons (Fsp3) is 0.538. The van der Waals surface area contributed by atoms with Gasteiger partial charge in [-0.25, -0.2) is 0 Å². The summed E-state index contributed by atoms with van der Waals surface area (Å²) in [5.41, 5.74) is -4.14. The Morgan fingerprint density at radius 2 is 1.62 bits per heavy atom. The van der Waals surface area contributed by atoms with E-state index in [4.69, 9.17) is 9.15 Å². The van der Waals surface area contributed by atoms with Gasteiger partial charge in [0.1, 0.15) is 24.2 Å². The van der Waals surface area contributed by atoms with Gasteiger partial charge in [0, 0.05) is 11.8 Å². The molecule has 3 heterocycles. The van der Waals surface area contributed by atoms with Crippen molar-refractivity contribution in [3.05, 3.63) is 53.0 Å². The number of aliphatic hydroxyl groups excluding tert-OH is 1. The van der Waals surface area contributed by atoms with Gasteiger partial charge in [-0.3, -0.25) is 14.5 Å². The topological polar surface area (TPSA) is 100 Å². The van der Waals surface area contributed by atoms with Crippen molar-refractivity contribution in [1.29, 1.82) is 0 Å². The van der Waals surface area contributed by atoms with E-state index >= 15 is 0 Å². The van der Waals surface area contributed by atoms with E-state index in [0.717, 1.165) is 0 Å². The third-order valence-corrected chi connectivity index (χ3v) is 8.07. The molecule has 1 aliphatic carbocycles. The molecule has 39 heavy (non-hydrogen) atoms. The molecule has 1 saturated carbocycles. The van der Waals surface area contributed by atoms with E-state index in [1.807, 2.05) is 0 Å². The van der Waals surface area contributed by atoms with Crippen LogP contribution in [0.15, 0.2) is 34.7 Å². The molecule has 0 unspecified atom stereocenters. The number of ether oxygens (including phenoxy) is 1. The smallest absolute Gasteiger partial charge is 0.416 e. The summed E-state index contributed by atoms with van der Waals surface area (Å²) in [5.74, 6) is -7.58. The van der Waals surface area contributed by atoms with E-state index in [9.17, 15) is 46.1 Å². The number of furan rings is 1. The molecule has 0 radical (unpaired) electrons. The molecule has 3 fully saturated rings. The maximum atomic E-state index is 13.6. The lowest BCUT2D eigenvalue weighted by molar-refractivity contribution is -0.277. The zero-order valence-electron chi connectivity index (χ0n) is 20.7. The summed E-state index contributed by atoms with van der Waals surface area (Å²) < 4.78 is 92.5. The fourth-order valence-electron chi connectivity index (χ4n) is 6.32. The quantitative estimate of drug-likeness (QED) is 0.400. The van der Waals surface area contributed by atoms with Gasteiger partial charge in [-0.2, -0.15) is 26.3 Å². The van der Waals surface area contributed by atoms with E-state index in [-0.39, 0.29) is 36.3 Å². The molecule has 2 saturated heterocycles. The average Bonchev–Trinajstić information content (AvgIpc) is 3.51. The van der Waals surface area contributed by atoms with Crippen LogP contribution in [0.1, 0.15) is 55.4 Å². The maximum absolute atomic E-state index is 13.6. The second kappa shape index (κ2) is 9.07. The highest BCUT2D eigenvalue weighted by atomic mass is 19.4. The largest absolute Gasteiger partial charge is 0.461 e. The zero-order chi connectivity index (χ0) is 28.7. The molecule has 0 spiro atoms. The van der Waals surface area contributed by atoms with Crippen LogP contribution in [0.25, 0.3) is 0 Å². The summed E-state index contributed by atoms with van der Waals surface area (Å²) in [7, 11) is 0. The molecule has 2 N–H and O–H groups in total. The third kappa shape index (κ3) is 4.44. The van der Waals surface area contributed by atoms with E-state index in [2.05, 4.69) is 0 Å². The number of imide groups is 1. The van der Waals surface area contributed by atoms with E-state index in [0.29, 0.717) is 17.0 Å². The minimum absolute atomic E-state index is 0.00250. The van der Waals surface area contributed by atoms with Gasteiger partial charge in [0.05, 0.1) is 28.7 Å². The normalized spacial score (nSPS) is 31.3. The van der Waals surface area contributed by atoms with Gasteiger partial charge in [-0.15, -0.1) is 0 Å². The molecule has 6 atom stereocenters. The second-order valence-corrected chi connectivity index (χ2v) is 10.7. The molecular weight excluding hydrogens is 536 g/mol. The SMILES string of the molecule is CC(C)[C@H]1C[C@@H]2C(=O)N(c3cc(C(F)(F)F)cc(C(F)(F)F)c3)C(=O)[C@@H]2[C@@H]2C[C@@H](c3ccc(CO)o3)O[C@]12O. The Labute approximate surface area is 218 Å². The molecule has 0 bridgehead atoms. The molecule has 2 amide bonds. The molecule has 13 heteroatoms. The highest BCUT2D eigenvalue weighted by Crippen LogP contribution is 2.60. The summed E-state index contributed by atoms with van der Waals surface area (Å²) in [5, 5.41) is 21.1. The van der Waals surface area contributed by atoms with Crippen molar-refractivity contribution in [2.24, 2.45) is 29.6 Å². The highest BCUT2D eigenvalue weighted by Gasteiger charge is 2.67.